The van der Waals surface area contributed by atoms with E-state index in [0.717, 1.165) is 5.56 Å². The van der Waals surface area contributed by atoms with Gasteiger partial charge in [-0.15, -0.1) is 5.10 Å². The molecule has 2 aromatic heterocycles. The van der Waals surface area contributed by atoms with Crippen molar-refractivity contribution in [3.63, 3.8) is 0 Å². The van der Waals surface area contributed by atoms with Crippen LogP contribution in [-0.2, 0) is 17.8 Å². The minimum absolute atomic E-state index is 0.0244. The van der Waals surface area contributed by atoms with Crippen LogP contribution in [0.3, 0.4) is 0 Å². The van der Waals surface area contributed by atoms with Gasteiger partial charge in [-0.2, -0.15) is 0 Å². The number of fused-ring (bicyclic) bond motifs is 1. The van der Waals surface area contributed by atoms with Crippen molar-refractivity contribution in [2.24, 2.45) is 0 Å². The summed E-state index contributed by atoms with van der Waals surface area (Å²) in [6.45, 7) is 5.77. The van der Waals surface area contributed by atoms with Gasteiger partial charge in [0.2, 0.25) is 0 Å². The van der Waals surface area contributed by atoms with Crippen LogP contribution in [0.1, 0.15) is 32.2 Å². The van der Waals surface area contributed by atoms with E-state index < -0.39 is 17.3 Å². The number of aromatic amines is 1. The number of carbonyl (C=O) groups is 1. The Labute approximate surface area is 149 Å². The Morgan fingerprint density at radius 3 is 2.69 bits per heavy atom. The standard InChI is InChI=1S/C17H20N6O3/c1-17(2,3)26-16(25)18-9-12-19-14-13(15(24)20-12)21-22-23(14)10-11-7-5-4-6-8-11/h4-8H,9-10H2,1-3H3,(H,18,25)(H,19,20,24). The highest BCUT2D eigenvalue weighted by molar-refractivity contribution is 5.69. The minimum Gasteiger partial charge on any atom is -0.444 e. The van der Waals surface area contributed by atoms with Gasteiger partial charge in [0.25, 0.3) is 5.56 Å². The number of carbonyl (C=O) groups excluding carboxylic acids is 1. The van der Waals surface area contributed by atoms with Crippen molar-refractivity contribution in [2.45, 2.75) is 39.5 Å². The van der Waals surface area contributed by atoms with Crippen LogP contribution < -0.4 is 10.9 Å². The molecule has 1 amide bonds. The largest absolute Gasteiger partial charge is 0.444 e. The Kier molecular flexibility index (Phi) is 4.70. The summed E-state index contributed by atoms with van der Waals surface area (Å²) in [4.78, 5) is 30.9. The smallest absolute Gasteiger partial charge is 0.408 e. The monoisotopic (exact) mass is 356 g/mol. The molecule has 0 unspecified atom stereocenters. The van der Waals surface area contributed by atoms with Crippen LogP contribution in [0, 0.1) is 0 Å². The molecule has 136 valence electrons. The summed E-state index contributed by atoms with van der Waals surface area (Å²) in [7, 11) is 0. The van der Waals surface area contributed by atoms with Crippen molar-refractivity contribution in [1.82, 2.24) is 30.3 Å². The first-order valence-corrected chi connectivity index (χ1v) is 8.15. The van der Waals surface area contributed by atoms with Crippen LogP contribution >= 0.6 is 0 Å². The van der Waals surface area contributed by atoms with Gasteiger partial charge >= 0.3 is 6.09 Å². The van der Waals surface area contributed by atoms with E-state index in [-0.39, 0.29) is 12.1 Å². The molecule has 26 heavy (non-hydrogen) atoms. The zero-order valence-corrected chi connectivity index (χ0v) is 14.8. The van der Waals surface area contributed by atoms with Crippen molar-refractivity contribution in [2.75, 3.05) is 0 Å². The van der Waals surface area contributed by atoms with E-state index in [1.807, 2.05) is 30.3 Å². The predicted molar refractivity (Wildman–Crippen MR) is 94.6 cm³/mol. The third-order valence-electron chi connectivity index (χ3n) is 3.40. The first-order valence-electron chi connectivity index (χ1n) is 8.15. The quantitative estimate of drug-likeness (QED) is 0.733. The SMILES string of the molecule is CC(C)(C)OC(=O)NCc1nc2c(nnn2Cc2ccccc2)c(=O)[nH]1. The van der Waals surface area contributed by atoms with Gasteiger partial charge in [0.15, 0.2) is 11.2 Å². The third-order valence-corrected chi connectivity index (χ3v) is 3.40. The van der Waals surface area contributed by atoms with Gasteiger partial charge in [-0.1, -0.05) is 35.5 Å². The minimum atomic E-state index is -0.604. The first kappa shape index (κ1) is 17.6. The fraction of sp³-hybridized carbons (Fsp3) is 0.353. The average molecular weight is 356 g/mol. The van der Waals surface area contributed by atoms with Gasteiger partial charge in [0, 0.05) is 0 Å². The predicted octanol–water partition coefficient (Wildman–Crippen LogP) is 1.59. The van der Waals surface area contributed by atoms with E-state index in [2.05, 4.69) is 25.6 Å². The molecule has 0 spiro atoms. The molecule has 0 fully saturated rings. The molecule has 0 aliphatic heterocycles. The van der Waals surface area contributed by atoms with Crippen LogP contribution in [0.4, 0.5) is 4.79 Å². The van der Waals surface area contributed by atoms with Crippen LogP contribution in [0.15, 0.2) is 35.1 Å². The fourth-order valence-electron chi connectivity index (χ4n) is 2.33. The maximum absolute atomic E-state index is 12.2. The van der Waals surface area contributed by atoms with E-state index in [1.54, 1.807) is 25.5 Å². The Bertz CT molecular complexity index is 972. The van der Waals surface area contributed by atoms with Crippen LogP contribution in [0.5, 0.6) is 0 Å². The normalized spacial score (nSPS) is 11.5. The Balaban J connectivity index is 1.81. The van der Waals surface area contributed by atoms with Gasteiger partial charge in [-0.3, -0.25) is 4.79 Å². The Morgan fingerprint density at radius 2 is 2.00 bits per heavy atom. The first-order chi connectivity index (χ1) is 12.3. The Morgan fingerprint density at radius 1 is 1.27 bits per heavy atom. The number of ether oxygens (including phenoxy) is 1. The highest BCUT2D eigenvalue weighted by atomic mass is 16.6. The summed E-state index contributed by atoms with van der Waals surface area (Å²) < 4.78 is 6.72. The van der Waals surface area contributed by atoms with Gasteiger partial charge in [0.1, 0.15) is 11.4 Å². The topological polar surface area (TPSA) is 115 Å². The molecule has 3 aromatic rings. The number of benzene rings is 1. The molecule has 2 heterocycles. The van der Waals surface area contributed by atoms with Crippen LogP contribution in [-0.4, -0.2) is 36.7 Å². The zero-order chi connectivity index (χ0) is 18.7. The fourth-order valence-corrected chi connectivity index (χ4v) is 2.33. The molecule has 2 N–H and O–H groups in total. The van der Waals surface area contributed by atoms with E-state index in [4.69, 9.17) is 4.74 Å². The van der Waals surface area contributed by atoms with E-state index in [9.17, 15) is 9.59 Å². The van der Waals surface area contributed by atoms with Crippen molar-refractivity contribution in [3.8, 4) is 0 Å². The number of hydrogen-bond acceptors (Lipinski definition) is 6. The number of H-pyrrole nitrogens is 1. The molecule has 9 nitrogen and oxygen atoms in total. The average Bonchev–Trinajstić information content (AvgIpc) is 2.96. The van der Waals surface area contributed by atoms with E-state index >= 15 is 0 Å². The second-order valence-corrected chi connectivity index (χ2v) is 6.77. The molecule has 0 aliphatic rings. The molecule has 0 atom stereocenters. The van der Waals surface area contributed by atoms with Crippen molar-refractivity contribution >= 4 is 17.3 Å². The molecule has 1 aromatic carbocycles. The van der Waals surface area contributed by atoms with Gasteiger partial charge < -0.3 is 15.0 Å². The molecule has 0 bridgehead atoms. The molecule has 0 saturated heterocycles. The Hall–Kier alpha value is -3.23. The van der Waals surface area contributed by atoms with Gasteiger partial charge in [0.05, 0.1) is 13.1 Å². The van der Waals surface area contributed by atoms with E-state index in [0.29, 0.717) is 18.0 Å². The van der Waals surface area contributed by atoms with Crippen molar-refractivity contribution in [1.29, 1.82) is 0 Å². The lowest BCUT2D eigenvalue weighted by molar-refractivity contribution is 0.0522. The van der Waals surface area contributed by atoms with Crippen LogP contribution in [0.2, 0.25) is 0 Å². The number of nitrogens with zero attached hydrogens (tertiary/aromatic N) is 4. The molecule has 3 rings (SSSR count). The van der Waals surface area contributed by atoms with Crippen molar-refractivity contribution < 1.29 is 9.53 Å². The molecular weight excluding hydrogens is 336 g/mol. The number of aromatic nitrogens is 5. The maximum atomic E-state index is 12.2. The highest BCUT2D eigenvalue weighted by Crippen LogP contribution is 2.09. The summed E-state index contributed by atoms with van der Waals surface area (Å²) in [6, 6.07) is 9.67. The lowest BCUT2D eigenvalue weighted by Crippen LogP contribution is -2.33. The van der Waals surface area contributed by atoms with Crippen LogP contribution in [0.25, 0.3) is 11.2 Å². The molecule has 0 aliphatic carbocycles. The van der Waals surface area contributed by atoms with Gasteiger partial charge in [-0.05, 0) is 26.3 Å². The second-order valence-electron chi connectivity index (χ2n) is 6.77. The molecular formula is C17H20N6O3. The number of rotatable bonds is 4. The highest BCUT2D eigenvalue weighted by Gasteiger charge is 2.17. The zero-order valence-electron chi connectivity index (χ0n) is 14.8. The lowest BCUT2D eigenvalue weighted by atomic mass is 10.2. The number of amides is 1. The number of alkyl carbamates (subject to hydrolysis) is 1. The summed E-state index contributed by atoms with van der Waals surface area (Å²) in [5, 5.41) is 10.5. The maximum Gasteiger partial charge on any atom is 0.408 e. The number of nitrogens with one attached hydrogen (secondary N) is 2. The second kappa shape index (κ2) is 6.95. The third kappa shape index (κ3) is 4.24. The lowest BCUT2D eigenvalue weighted by Gasteiger charge is -2.19. The molecule has 0 saturated carbocycles. The van der Waals surface area contributed by atoms with Crippen molar-refractivity contribution in [3.05, 3.63) is 52.1 Å². The van der Waals surface area contributed by atoms with E-state index in [1.165, 1.54) is 0 Å². The van der Waals surface area contributed by atoms with Gasteiger partial charge in [-0.25, -0.2) is 14.5 Å². The summed E-state index contributed by atoms with van der Waals surface area (Å²) in [6.07, 6.45) is -0.587. The molecule has 0 radical (unpaired) electrons. The summed E-state index contributed by atoms with van der Waals surface area (Å²) >= 11 is 0. The summed E-state index contributed by atoms with van der Waals surface area (Å²) in [5.41, 5.74) is 0.512. The number of hydrogen-bond donors (Lipinski definition) is 2. The molecule has 9 heteroatoms. The summed E-state index contributed by atoms with van der Waals surface area (Å²) in [5.74, 6) is 0.296.